The van der Waals surface area contributed by atoms with Gasteiger partial charge in [0.2, 0.25) is 0 Å². The summed E-state index contributed by atoms with van der Waals surface area (Å²) in [6, 6.07) is 13.5. The molecule has 88 valence electrons. The largest absolute Gasteiger partial charge is 0.487 e. The third-order valence-corrected chi connectivity index (χ3v) is 2.73. The molecule has 2 aromatic rings. The molecule has 1 aromatic carbocycles. The predicted molar refractivity (Wildman–Crippen MR) is 68.6 cm³/mol. The van der Waals surface area contributed by atoms with E-state index in [0.717, 1.165) is 5.56 Å². The molecule has 17 heavy (non-hydrogen) atoms. The van der Waals surface area contributed by atoms with E-state index in [4.69, 9.17) is 4.74 Å². The molecule has 0 radical (unpaired) electrons. The lowest BCUT2D eigenvalue weighted by Gasteiger charge is -2.09. The maximum atomic E-state index is 9.18. The van der Waals surface area contributed by atoms with Crippen LogP contribution in [0, 0.1) is 0 Å². The standard InChI is InChI=1S/C13H12BrNO2/c14-13-7-6-12(11(8-16)15-13)17-9-10-4-2-1-3-5-10/h1-7,16H,8-9H2. The van der Waals surface area contributed by atoms with Gasteiger partial charge in [-0.2, -0.15) is 0 Å². The molecule has 0 spiro atoms. The second-order valence-corrected chi connectivity index (χ2v) is 4.32. The Morgan fingerprint density at radius 3 is 2.59 bits per heavy atom. The van der Waals surface area contributed by atoms with E-state index in [-0.39, 0.29) is 6.61 Å². The highest BCUT2D eigenvalue weighted by Gasteiger charge is 2.05. The fourth-order valence-electron chi connectivity index (χ4n) is 1.44. The Morgan fingerprint density at radius 1 is 1.12 bits per heavy atom. The quantitative estimate of drug-likeness (QED) is 0.882. The smallest absolute Gasteiger partial charge is 0.143 e. The van der Waals surface area contributed by atoms with Gasteiger partial charge < -0.3 is 9.84 Å². The van der Waals surface area contributed by atoms with Crippen molar-refractivity contribution >= 4 is 15.9 Å². The van der Waals surface area contributed by atoms with E-state index >= 15 is 0 Å². The molecule has 2 rings (SSSR count). The lowest BCUT2D eigenvalue weighted by Crippen LogP contribution is -2.00. The maximum absolute atomic E-state index is 9.18. The van der Waals surface area contributed by atoms with Crippen molar-refractivity contribution in [3.8, 4) is 5.75 Å². The van der Waals surface area contributed by atoms with E-state index in [1.54, 1.807) is 12.1 Å². The first-order valence-electron chi connectivity index (χ1n) is 5.22. The molecule has 4 heteroatoms. The van der Waals surface area contributed by atoms with Gasteiger partial charge in [0.05, 0.1) is 6.61 Å². The molecule has 1 aromatic heterocycles. The fraction of sp³-hybridized carbons (Fsp3) is 0.154. The van der Waals surface area contributed by atoms with E-state index in [1.807, 2.05) is 30.3 Å². The van der Waals surface area contributed by atoms with E-state index in [9.17, 15) is 5.11 Å². The van der Waals surface area contributed by atoms with Crippen LogP contribution in [0.1, 0.15) is 11.3 Å². The van der Waals surface area contributed by atoms with Gasteiger partial charge in [-0.15, -0.1) is 0 Å². The van der Waals surface area contributed by atoms with Gasteiger partial charge in [0.25, 0.3) is 0 Å². The molecular formula is C13H12BrNO2. The monoisotopic (exact) mass is 293 g/mol. The molecule has 0 aliphatic carbocycles. The van der Waals surface area contributed by atoms with E-state index in [0.29, 0.717) is 22.7 Å². The minimum atomic E-state index is -0.135. The Bertz CT molecular complexity index is 488. The van der Waals surface area contributed by atoms with Crippen LogP contribution in [-0.2, 0) is 13.2 Å². The molecule has 0 saturated carbocycles. The van der Waals surface area contributed by atoms with Crippen molar-refractivity contribution in [3.05, 3.63) is 58.3 Å². The molecule has 0 amide bonds. The van der Waals surface area contributed by atoms with Crippen molar-refractivity contribution in [2.75, 3.05) is 0 Å². The van der Waals surface area contributed by atoms with Gasteiger partial charge in [0.1, 0.15) is 22.7 Å². The van der Waals surface area contributed by atoms with E-state index in [2.05, 4.69) is 20.9 Å². The highest BCUT2D eigenvalue weighted by Crippen LogP contribution is 2.20. The molecule has 1 heterocycles. The molecule has 0 saturated heterocycles. The van der Waals surface area contributed by atoms with Crippen LogP contribution < -0.4 is 4.74 Å². The van der Waals surface area contributed by atoms with Crippen molar-refractivity contribution in [2.24, 2.45) is 0 Å². The molecular weight excluding hydrogens is 282 g/mol. The summed E-state index contributed by atoms with van der Waals surface area (Å²) in [4.78, 5) is 4.15. The highest BCUT2D eigenvalue weighted by molar-refractivity contribution is 9.10. The average Bonchev–Trinajstić information content (AvgIpc) is 2.38. The molecule has 1 N–H and O–H groups in total. The number of aromatic nitrogens is 1. The second kappa shape index (κ2) is 5.80. The van der Waals surface area contributed by atoms with Crippen LogP contribution >= 0.6 is 15.9 Å². The van der Waals surface area contributed by atoms with Crippen LogP contribution in [-0.4, -0.2) is 10.1 Å². The second-order valence-electron chi connectivity index (χ2n) is 3.51. The van der Waals surface area contributed by atoms with E-state index in [1.165, 1.54) is 0 Å². The first kappa shape index (κ1) is 12.1. The zero-order chi connectivity index (χ0) is 12.1. The van der Waals surface area contributed by atoms with Crippen molar-refractivity contribution in [1.82, 2.24) is 4.98 Å². The number of hydrogen-bond acceptors (Lipinski definition) is 3. The minimum Gasteiger partial charge on any atom is -0.487 e. The molecule has 0 fully saturated rings. The molecule has 0 atom stereocenters. The molecule has 0 bridgehead atoms. The first-order chi connectivity index (χ1) is 8.29. The lowest BCUT2D eigenvalue weighted by atomic mass is 10.2. The number of halogens is 1. The number of nitrogens with zero attached hydrogens (tertiary/aromatic N) is 1. The van der Waals surface area contributed by atoms with Gasteiger partial charge in [-0.1, -0.05) is 30.3 Å². The zero-order valence-electron chi connectivity index (χ0n) is 9.14. The molecule has 0 unspecified atom stereocenters. The molecule has 0 aliphatic heterocycles. The summed E-state index contributed by atoms with van der Waals surface area (Å²) in [6.45, 7) is 0.334. The third-order valence-electron chi connectivity index (χ3n) is 2.29. The van der Waals surface area contributed by atoms with Gasteiger partial charge in [-0.3, -0.25) is 0 Å². The Balaban J connectivity index is 2.09. The van der Waals surface area contributed by atoms with Gasteiger partial charge in [0.15, 0.2) is 0 Å². The van der Waals surface area contributed by atoms with Crippen LogP contribution in [0.4, 0.5) is 0 Å². The normalized spacial score (nSPS) is 10.2. The number of aliphatic hydroxyl groups is 1. The number of benzene rings is 1. The van der Waals surface area contributed by atoms with Gasteiger partial charge in [-0.25, -0.2) is 4.98 Å². The van der Waals surface area contributed by atoms with Crippen LogP contribution in [0.25, 0.3) is 0 Å². The summed E-state index contributed by atoms with van der Waals surface area (Å²) in [5.41, 5.74) is 1.62. The molecule has 3 nitrogen and oxygen atoms in total. The Hall–Kier alpha value is -1.39. The highest BCUT2D eigenvalue weighted by atomic mass is 79.9. The van der Waals surface area contributed by atoms with Crippen LogP contribution in [0.5, 0.6) is 5.75 Å². The summed E-state index contributed by atoms with van der Waals surface area (Å²) in [5.74, 6) is 0.611. The minimum absolute atomic E-state index is 0.135. The maximum Gasteiger partial charge on any atom is 0.143 e. The summed E-state index contributed by atoms with van der Waals surface area (Å²) < 4.78 is 6.31. The number of aliphatic hydroxyl groups excluding tert-OH is 1. The van der Waals surface area contributed by atoms with Crippen molar-refractivity contribution in [2.45, 2.75) is 13.2 Å². The van der Waals surface area contributed by atoms with Crippen molar-refractivity contribution in [3.63, 3.8) is 0 Å². The number of hydrogen-bond donors (Lipinski definition) is 1. The summed E-state index contributed by atoms with van der Waals surface area (Å²) in [5, 5.41) is 9.18. The van der Waals surface area contributed by atoms with Gasteiger partial charge >= 0.3 is 0 Å². The zero-order valence-corrected chi connectivity index (χ0v) is 10.7. The first-order valence-corrected chi connectivity index (χ1v) is 6.02. The van der Waals surface area contributed by atoms with Crippen LogP contribution in [0.2, 0.25) is 0 Å². The fourth-order valence-corrected chi connectivity index (χ4v) is 1.79. The SMILES string of the molecule is OCc1nc(Br)ccc1OCc1ccccc1. The van der Waals surface area contributed by atoms with Gasteiger partial charge in [-0.05, 0) is 33.6 Å². The van der Waals surface area contributed by atoms with Crippen molar-refractivity contribution in [1.29, 1.82) is 0 Å². The lowest BCUT2D eigenvalue weighted by molar-refractivity contribution is 0.253. The van der Waals surface area contributed by atoms with E-state index < -0.39 is 0 Å². The predicted octanol–water partition coefficient (Wildman–Crippen LogP) is 2.92. The van der Waals surface area contributed by atoms with Gasteiger partial charge in [0, 0.05) is 0 Å². The Labute approximate surface area is 108 Å². The summed E-state index contributed by atoms with van der Waals surface area (Å²) in [7, 11) is 0. The summed E-state index contributed by atoms with van der Waals surface area (Å²) >= 11 is 3.26. The van der Waals surface area contributed by atoms with Crippen LogP contribution in [0.15, 0.2) is 47.1 Å². The van der Waals surface area contributed by atoms with Crippen LogP contribution in [0.3, 0.4) is 0 Å². The average molecular weight is 294 g/mol. The number of ether oxygens (including phenoxy) is 1. The number of rotatable bonds is 4. The topological polar surface area (TPSA) is 42.4 Å². The Morgan fingerprint density at radius 2 is 1.88 bits per heavy atom. The number of pyridine rings is 1. The van der Waals surface area contributed by atoms with Crippen molar-refractivity contribution < 1.29 is 9.84 Å². The summed E-state index contributed by atoms with van der Waals surface area (Å²) in [6.07, 6.45) is 0. The molecule has 0 aliphatic rings. The third kappa shape index (κ3) is 3.28. The Kier molecular flexibility index (Phi) is 4.12.